The lowest BCUT2D eigenvalue weighted by Gasteiger charge is -2.24. The number of esters is 1. The Morgan fingerprint density at radius 3 is 1.02 bits per heavy atom. The van der Waals surface area contributed by atoms with Crippen LogP contribution >= 0.6 is 0 Å². The number of aliphatic hydroxyl groups excluding tert-OH is 2. The highest BCUT2D eigenvalue weighted by Gasteiger charge is 2.24. The molecule has 0 radical (unpaired) electrons. The molecule has 0 aromatic carbocycles. The topological polar surface area (TPSA) is 95.9 Å². The zero-order valence-corrected chi connectivity index (χ0v) is 40.9. The molecular formula is C54H107NO5. The second-order valence-corrected chi connectivity index (χ2v) is 19.0. The predicted molar refractivity (Wildman–Crippen MR) is 260 cm³/mol. The monoisotopic (exact) mass is 850 g/mol. The Morgan fingerprint density at radius 1 is 0.417 bits per heavy atom. The molecule has 60 heavy (non-hydrogen) atoms. The fourth-order valence-corrected chi connectivity index (χ4v) is 8.79. The van der Waals surface area contributed by atoms with E-state index in [1.807, 2.05) is 0 Å². The molecule has 0 aromatic rings. The van der Waals surface area contributed by atoms with Crippen LogP contribution in [0.1, 0.15) is 310 Å². The van der Waals surface area contributed by atoms with Gasteiger partial charge in [0.05, 0.1) is 25.2 Å². The molecule has 0 saturated carbocycles. The summed E-state index contributed by atoms with van der Waals surface area (Å²) in [4.78, 5) is 26.2. The highest BCUT2D eigenvalue weighted by Crippen LogP contribution is 2.19. The van der Waals surface area contributed by atoms with E-state index in [1.54, 1.807) is 0 Å². The molecule has 3 unspecified atom stereocenters. The minimum atomic E-state index is -0.779. The molecule has 0 rings (SSSR count). The number of amides is 1. The average Bonchev–Trinajstić information content (AvgIpc) is 3.24. The van der Waals surface area contributed by atoms with E-state index in [2.05, 4.69) is 26.1 Å². The average molecular weight is 850 g/mol. The number of rotatable bonds is 50. The number of ether oxygens (including phenoxy) is 1. The molecular weight excluding hydrogens is 743 g/mol. The van der Waals surface area contributed by atoms with Crippen molar-refractivity contribution in [1.29, 1.82) is 0 Å². The standard InChI is InChI=1S/C54H107NO5/c1-4-7-10-13-16-19-22-25-26-27-29-32-35-38-41-44-47-54(59)60-50(45-42-39-36-33-30-28-23-20-17-14-11-8-5-2)48-53(58)55-51(49-56)52(57)46-43-40-37-34-31-24-21-18-15-12-9-6-3/h50-52,56-57H,4-49H2,1-3H3,(H,55,58). The van der Waals surface area contributed by atoms with Crippen molar-refractivity contribution in [1.82, 2.24) is 5.32 Å². The predicted octanol–water partition coefficient (Wildman–Crippen LogP) is 16.4. The third kappa shape index (κ3) is 43.5. The van der Waals surface area contributed by atoms with Crippen molar-refractivity contribution in [3.8, 4) is 0 Å². The smallest absolute Gasteiger partial charge is 0.306 e. The summed E-state index contributed by atoms with van der Waals surface area (Å²) in [7, 11) is 0. The van der Waals surface area contributed by atoms with E-state index >= 15 is 0 Å². The van der Waals surface area contributed by atoms with Crippen molar-refractivity contribution in [2.24, 2.45) is 0 Å². The van der Waals surface area contributed by atoms with Crippen LogP contribution < -0.4 is 5.32 Å². The molecule has 358 valence electrons. The van der Waals surface area contributed by atoms with E-state index in [1.165, 1.54) is 225 Å². The Hall–Kier alpha value is -1.14. The molecule has 0 aliphatic carbocycles. The minimum absolute atomic E-state index is 0.0881. The van der Waals surface area contributed by atoms with Crippen LogP contribution in [0.2, 0.25) is 0 Å². The van der Waals surface area contributed by atoms with Crippen molar-refractivity contribution in [3.63, 3.8) is 0 Å². The van der Waals surface area contributed by atoms with Gasteiger partial charge in [0.1, 0.15) is 6.10 Å². The largest absolute Gasteiger partial charge is 0.462 e. The maximum Gasteiger partial charge on any atom is 0.306 e. The Labute approximate surface area is 375 Å². The Bertz CT molecular complexity index is 867. The molecule has 0 aliphatic rings. The Kier molecular flexibility index (Phi) is 48.0. The summed E-state index contributed by atoms with van der Waals surface area (Å²) in [6.45, 7) is 6.52. The van der Waals surface area contributed by atoms with Gasteiger partial charge in [-0.05, 0) is 25.7 Å². The molecule has 0 fully saturated rings. The van der Waals surface area contributed by atoms with Gasteiger partial charge in [-0.1, -0.05) is 271 Å². The normalized spacial score (nSPS) is 13.1. The minimum Gasteiger partial charge on any atom is -0.462 e. The molecule has 0 saturated heterocycles. The van der Waals surface area contributed by atoms with Crippen LogP contribution in [0.4, 0.5) is 0 Å². The van der Waals surface area contributed by atoms with Gasteiger partial charge in [-0.15, -0.1) is 0 Å². The van der Waals surface area contributed by atoms with Crippen LogP contribution in [0.3, 0.4) is 0 Å². The molecule has 0 aliphatic heterocycles. The van der Waals surface area contributed by atoms with Crippen LogP contribution in [-0.4, -0.2) is 46.9 Å². The highest BCUT2D eigenvalue weighted by atomic mass is 16.5. The zero-order valence-electron chi connectivity index (χ0n) is 40.9. The molecule has 3 N–H and O–H groups in total. The number of nitrogens with one attached hydrogen (secondary N) is 1. The van der Waals surface area contributed by atoms with Gasteiger partial charge < -0.3 is 20.3 Å². The van der Waals surface area contributed by atoms with Gasteiger partial charge in [0.15, 0.2) is 0 Å². The van der Waals surface area contributed by atoms with E-state index in [-0.39, 0.29) is 24.9 Å². The molecule has 6 nitrogen and oxygen atoms in total. The van der Waals surface area contributed by atoms with Gasteiger partial charge in [0.25, 0.3) is 0 Å². The molecule has 3 atom stereocenters. The van der Waals surface area contributed by atoms with Crippen molar-refractivity contribution in [2.45, 2.75) is 328 Å². The summed E-state index contributed by atoms with van der Waals surface area (Å²) in [6.07, 6.45) is 53.0. The van der Waals surface area contributed by atoms with Crippen LogP contribution in [0.25, 0.3) is 0 Å². The van der Waals surface area contributed by atoms with Gasteiger partial charge in [0.2, 0.25) is 5.91 Å². The van der Waals surface area contributed by atoms with Gasteiger partial charge in [-0.25, -0.2) is 0 Å². The number of hydrogen-bond donors (Lipinski definition) is 3. The molecule has 0 aromatic heterocycles. The third-order valence-corrected chi connectivity index (χ3v) is 12.9. The Morgan fingerprint density at radius 2 is 0.700 bits per heavy atom. The SMILES string of the molecule is CCCCCCCCCCCCCCCCCCC(=O)OC(CCCCCCCCCCCCCCC)CC(=O)NC(CO)C(O)CCCCCCCCCCCCCC. The first-order chi connectivity index (χ1) is 29.5. The molecule has 1 amide bonds. The van der Waals surface area contributed by atoms with Crippen molar-refractivity contribution >= 4 is 11.9 Å². The van der Waals surface area contributed by atoms with Crippen LogP contribution in [0.5, 0.6) is 0 Å². The molecule has 6 heteroatoms. The van der Waals surface area contributed by atoms with Gasteiger partial charge >= 0.3 is 5.97 Å². The summed E-state index contributed by atoms with van der Waals surface area (Å²) in [5.41, 5.74) is 0. The van der Waals surface area contributed by atoms with Gasteiger partial charge in [0, 0.05) is 6.42 Å². The second-order valence-electron chi connectivity index (χ2n) is 19.0. The van der Waals surface area contributed by atoms with Crippen molar-refractivity contribution in [3.05, 3.63) is 0 Å². The number of hydrogen-bond acceptors (Lipinski definition) is 5. The summed E-state index contributed by atoms with van der Waals surface area (Å²) in [6, 6.07) is -0.692. The quantitative estimate of drug-likeness (QED) is 0.0419. The summed E-state index contributed by atoms with van der Waals surface area (Å²) >= 11 is 0. The number of carbonyl (C=O) groups is 2. The second kappa shape index (κ2) is 48.9. The molecule has 0 heterocycles. The number of carbonyl (C=O) groups excluding carboxylic acids is 2. The summed E-state index contributed by atoms with van der Waals surface area (Å²) in [5, 5.41) is 23.8. The Balaban J connectivity index is 4.48. The van der Waals surface area contributed by atoms with Gasteiger partial charge in [-0.2, -0.15) is 0 Å². The van der Waals surface area contributed by atoms with E-state index < -0.39 is 18.2 Å². The summed E-state index contributed by atoms with van der Waals surface area (Å²) < 4.78 is 5.95. The number of unbranched alkanes of at least 4 members (excludes halogenated alkanes) is 38. The summed E-state index contributed by atoms with van der Waals surface area (Å²) in [5.74, 6) is -0.448. The fraction of sp³-hybridized carbons (Fsp3) is 0.963. The van der Waals surface area contributed by atoms with Crippen molar-refractivity contribution in [2.75, 3.05) is 6.61 Å². The lowest BCUT2D eigenvalue weighted by atomic mass is 10.0. The van der Waals surface area contributed by atoms with Gasteiger partial charge in [-0.3, -0.25) is 9.59 Å². The molecule has 0 bridgehead atoms. The van der Waals surface area contributed by atoms with Crippen LogP contribution in [0.15, 0.2) is 0 Å². The first-order valence-corrected chi connectivity index (χ1v) is 27.3. The molecule has 0 spiro atoms. The lowest BCUT2D eigenvalue weighted by Crippen LogP contribution is -2.46. The fourth-order valence-electron chi connectivity index (χ4n) is 8.79. The maximum atomic E-state index is 13.2. The first-order valence-electron chi connectivity index (χ1n) is 27.3. The first kappa shape index (κ1) is 58.9. The van der Waals surface area contributed by atoms with E-state index in [4.69, 9.17) is 4.74 Å². The zero-order chi connectivity index (χ0) is 43.8. The third-order valence-electron chi connectivity index (χ3n) is 12.9. The van der Waals surface area contributed by atoms with Crippen molar-refractivity contribution < 1.29 is 24.5 Å². The maximum absolute atomic E-state index is 13.2. The van der Waals surface area contributed by atoms with Crippen LogP contribution in [-0.2, 0) is 14.3 Å². The lowest BCUT2D eigenvalue weighted by molar-refractivity contribution is -0.151. The number of aliphatic hydroxyl groups is 2. The van der Waals surface area contributed by atoms with E-state index in [9.17, 15) is 19.8 Å². The van der Waals surface area contributed by atoms with Crippen LogP contribution in [0, 0.1) is 0 Å². The van der Waals surface area contributed by atoms with E-state index in [0.717, 1.165) is 38.5 Å². The van der Waals surface area contributed by atoms with E-state index in [0.29, 0.717) is 19.3 Å². The highest BCUT2D eigenvalue weighted by molar-refractivity contribution is 5.77.